The van der Waals surface area contributed by atoms with Gasteiger partial charge in [0.25, 0.3) is 0 Å². The lowest BCUT2D eigenvalue weighted by Gasteiger charge is -2.20. The van der Waals surface area contributed by atoms with E-state index in [2.05, 4.69) is 20.1 Å². The van der Waals surface area contributed by atoms with Gasteiger partial charge in [-0.1, -0.05) is 11.6 Å². The lowest BCUT2D eigenvalue weighted by molar-refractivity contribution is 0.292. The van der Waals surface area contributed by atoms with Gasteiger partial charge in [-0.05, 0) is 12.8 Å². The summed E-state index contributed by atoms with van der Waals surface area (Å²) in [6, 6.07) is 0. The van der Waals surface area contributed by atoms with E-state index in [9.17, 15) is 0 Å². The highest BCUT2D eigenvalue weighted by molar-refractivity contribution is 5.51. The van der Waals surface area contributed by atoms with Gasteiger partial charge >= 0.3 is 0 Å². The molecule has 0 saturated heterocycles. The molecule has 0 unspecified atom stereocenters. The SMILES string of the molecule is Nc1ncc(-c2noc(C3CCC3)n2)cn1. The van der Waals surface area contributed by atoms with Crippen molar-refractivity contribution in [1.82, 2.24) is 20.1 Å². The zero-order valence-electron chi connectivity index (χ0n) is 8.63. The summed E-state index contributed by atoms with van der Waals surface area (Å²) in [6.07, 6.45) is 6.71. The molecular weight excluding hydrogens is 206 g/mol. The fraction of sp³-hybridized carbons (Fsp3) is 0.400. The smallest absolute Gasteiger partial charge is 0.230 e. The number of hydrogen-bond donors (Lipinski definition) is 1. The first kappa shape index (κ1) is 9.26. The number of aromatic nitrogens is 4. The minimum atomic E-state index is 0.242. The van der Waals surface area contributed by atoms with Crippen molar-refractivity contribution in [3.8, 4) is 11.4 Å². The summed E-state index contributed by atoms with van der Waals surface area (Å²) in [5.74, 6) is 1.93. The van der Waals surface area contributed by atoms with E-state index in [-0.39, 0.29) is 5.95 Å². The van der Waals surface area contributed by atoms with Crippen molar-refractivity contribution in [3.63, 3.8) is 0 Å². The topological polar surface area (TPSA) is 90.7 Å². The lowest BCUT2D eigenvalue weighted by Crippen LogP contribution is -2.08. The van der Waals surface area contributed by atoms with Crippen LogP contribution in [0.1, 0.15) is 31.1 Å². The molecule has 0 bridgehead atoms. The van der Waals surface area contributed by atoms with Crippen LogP contribution in [0.5, 0.6) is 0 Å². The minimum Gasteiger partial charge on any atom is -0.368 e. The van der Waals surface area contributed by atoms with Crippen LogP contribution in [-0.2, 0) is 0 Å². The Morgan fingerprint density at radius 1 is 1.25 bits per heavy atom. The van der Waals surface area contributed by atoms with Gasteiger partial charge in [0.1, 0.15) is 0 Å². The molecule has 0 aliphatic heterocycles. The molecular formula is C10H11N5O. The van der Waals surface area contributed by atoms with Crippen molar-refractivity contribution < 1.29 is 4.52 Å². The third-order valence-corrected chi connectivity index (χ3v) is 2.83. The summed E-state index contributed by atoms with van der Waals surface area (Å²) in [6.45, 7) is 0. The molecule has 3 rings (SSSR count). The summed E-state index contributed by atoms with van der Waals surface area (Å²) < 4.78 is 5.21. The molecule has 1 aliphatic carbocycles. The molecule has 1 fully saturated rings. The molecule has 1 aliphatic rings. The molecule has 0 amide bonds. The Kier molecular flexibility index (Phi) is 2.05. The molecule has 6 heteroatoms. The first-order chi connectivity index (χ1) is 7.83. The average Bonchev–Trinajstić information content (AvgIpc) is 2.65. The number of nitrogens with two attached hydrogens (primary N) is 1. The lowest BCUT2D eigenvalue weighted by atomic mass is 9.85. The molecule has 0 atom stereocenters. The van der Waals surface area contributed by atoms with Gasteiger partial charge in [0.2, 0.25) is 17.7 Å². The standard InChI is InChI=1S/C10H11N5O/c11-10-12-4-7(5-13-10)8-14-9(16-15-8)6-2-1-3-6/h4-6H,1-3H2,(H2,11,12,13). The van der Waals surface area contributed by atoms with E-state index in [1.807, 2.05) is 0 Å². The molecule has 1 saturated carbocycles. The third kappa shape index (κ3) is 1.52. The summed E-state index contributed by atoms with van der Waals surface area (Å²) >= 11 is 0. The van der Waals surface area contributed by atoms with E-state index in [4.69, 9.17) is 10.3 Å². The van der Waals surface area contributed by atoms with Gasteiger partial charge in [-0.3, -0.25) is 0 Å². The molecule has 2 aromatic heterocycles. The van der Waals surface area contributed by atoms with Gasteiger partial charge in [0.15, 0.2) is 0 Å². The highest BCUT2D eigenvalue weighted by Gasteiger charge is 2.25. The Hall–Kier alpha value is -1.98. The summed E-state index contributed by atoms with van der Waals surface area (Å²) in [5.41, 5.74) is 6.13. The average molecular weight is 217 g/mol. The Morgan fingerprint density at radius 3 is 2.62 bits per heavy atom. The zero-order chi connectivity index (χ0) is 11.0. The molecule has 2 N–H and O–H groups in total. The molecule has 82 valence electrons. The van der Waals surface area contributed by atoms with Crippen molar-refractivity contribution in [2.75, 3.05) is 5.73 Å². The third-order valence-electron chi connectivity index (χ3n) is 2.83. The van der Waals surface area contributed by atoms with Crippen molar-refractivity contribution in [2.45, 2.75) is 25.2 Å². The molecule has 6 nitrogen and oxygen atoms in total. The number of anilines is 1. The van der Waals surface area contributed by atoms with Gasteiger partial charge in [-0.15, -0.1) is 0 Å². The van der Waals surface area contributed by atoms with Crippen molar-refractivity contribution in [3.05, 3.63) is 18.3 Å². The van der Waals surface area contributed by atoms with Crippen LogP contribution < -0.4 is 5.73 Å². The van der Waals surface area contributed by atoms with E-state index in [0.29, 0.717) is 11.7 Å². The summed E-state index contributed by atoms with van der Waals surface area (Å²) in [7, 11) is 0. The fourth-order valence-corrected chi connectivity index (χ4v) is 1.63. The second-order valence-corrected chi connectivity index (χ2v) is 3.91. The summed E-state index contributed by atoms with van der Waals surface area (Å²) in [4.78, 5) is 12.1. The van der Waals surface area contributed by atoms with E-state index in [0.717, 1.165) is 24.3 Å². The Labute approximate surface area is 91.9 Å². The van der Waals surface area contributed by atoms with Crippen LogP contribution in [0.2, 0.25) is 0 Å². The molecule has 0 aromatic carbocycles. The van der Waals surface area contributed by atoms with Crippen LogP contribution in [0.3, 0.4) is 0 Å². The number of nitrogen functional groups attached to an aromatic ring is 1. The van der Waals surface area contributed by atoms with Crippen LogP contribution in [0.4, 0.5) is 5.95 Å². The first-order valence-corrected chi connectivity index (χ1v) is 5.24. The second-order valence-electron chi connectivity index (χ2n) is 3.91. The Balaban J connectivity index is 1.88. The van der Waals surface area contributed by atoms with Crippen LogP contribution in [-0.4, -0.2) is 20.1 Å². The number of nitrogens with zero attached hydrogens (tertiary/aromatic N) is 4. The Morgan fingerprint density at radius 2 is 2.00 bits per heavy atom. The maximum absolute atomic E-state index is 5.40. The largest absolute Gasteiger partial charge is 0.368 e. The van der Waals surface area contributed by atoms with Gasteiger partial charge in [-0.25, -0.2) is 9.97 Å². The molecule has 2 aromatic rings. The van der Waals surface area contributed by atoms with Crippen LogP contribution in [0, 0.1) is 0 Å². The van der Waals surface area contributed by atoms with Crippen LogP contribution in [0.15, 0.2) is 16.9 Å². The van der Waals surface area contributed by atoms with Gasteiger partial charge in [0, 0.05) is 18.3 Å². The maximum atomic E-state index is 5.40. The van der Waals surface area contributed by atoms with Gasteiger partial charge in [-0.2, -0.15) is 4.98 Å². The van der Waals surface area contributed by atoms with E-state index >= 15 is 0 Å². The quantitative estimate of drug-likeness (QED) is 0.817. The van der Waals surface area contributed by atoms with E-state index in [1.165, 1.54) is 6.42 Å². The van der Waals surface area contributed by atoms with Gasteiger partial charge < -0.3 is 10.3 Å². The van der Waals surface area contributed by atoms with Gasteiger partial charge in [0.05, 0.1) is 5.56 Å². The van der Waals surface area contributed by atoms with E-state index in [1.54, 1.807) is 12.4 Å². The number of hydrogen-bond acceptors (Lipinski definition) is 6. The summed E-state index contributed by atoms with van der Waals surface area (Å²) in [5, 5.41) is 3.91. The minimum absolute atomic E-state index is 0.242. The second kappa shape index (κ2) is 3.55. The highest BCUT2D eigenvalue weighted by atomic mass is 16.5. The zero-order valence-corrected chi connectivity index (χ0v) is 8.63. The van der Waals surface area contributed by atoms with Crippen molar-refractivity contribution in [1.29, 1.82) is 0 Å². The van der Waals surface area contributed by atoms with Crippen LogP contribution >= 0.6 is 0 Å². The predicted octanol–water partition coefficient (Wildman–Crippen LogP) is 1.38. The van der Waals surface area contributed by atoms with Crippen LogP contribution in [0.25, 0.3) is 11.4 Å². The number of rotatable bonds is 2. The first-order valence-electron chi connectivity index (χ1n) is 5.24. The molecule has 0 radical (unpaired) electrons. The van der Waals surface area contributed by atoms with Crippen molar-refractivity contribution in [2.24, 2.45) is 0 Å². The highest BCUT2D eigenvalue weighted by Crippen LogP contribution is 2.35. The van der Waals surface area contributed by atoms with E-state index < -0.39 is 0 Å². The Bertz CT molecular complexity index is 488. The molecule has 0 spiro atoms. The predicted molar refractivity (Wildman–Crippen MR) is 56.3 cm³/mol. The normalized spacial score (nSPS) is 16.0. The molecule has 16 heavy (non-hydrogen) atoms. The van der Waals surface area contributed by atoms with Crippen molar-refractivity contribution >= 4 is 5.95 Å². The fourth-order valence-electron chi connectivity index (χ4n) is 1.63. The molecule has 2 heterocycles. The monoisotopic (exact) mass is 217 g/mol. The maximum Gasteiger partial charge on any atom is 0.230 e.